The number of nitrogens with one attached hydrogen (secondary N) is 1. The number of non-ortho nitro benzene ring substituents is 1. The molecule has 1 aromatic heterocycles. The molecule has 2 aromatic carbocycles. The summed E-state index contributed by atoms with van der Waals surface area (Å²) in [6.07, 6.45) is 0.191. The molecular formula is C15H13N5O3. The van der Waals surface area contributed by atoms with Crippen molar-refractivity contribution in [3.05, 3.63) is 58.6 Å². The van der Waals surface area contributed by atoms with E-state index in [9.17, 15) is 14.9 Å². The van der Waals surface area contributed by atoms with Gasteiger partial charge in [0.15, 0.2) is 0 Å². The van der Waals surface area contributed by atoms with Crippen LogP contribution < -0.4 is 5.32 Å². The topological polar surface area (TPSA) is 103 Å². The number of nitro groups is 1. The molecule has 0 aliphatic heterocycles. The van der Waals surface area contributed by atoms with Crippen LogP contribution in [0, 0.1) is 10.1 Å². The molecule has 0 spiro atoms. The van der Waals surface area contributed by atoms with Crippen LogP contribution in [0.5, 0.6) is 0 Å². The number of aryl methyl sites for hydroxylation is 1. The molecule has 8 heteroatoms. The Morgan fingerprint density at radius 3 is 2.87 bits per heavy atom. The number of nitro benzene ring substituents is 1. The van der Waals surface area contributed by atoms with Gasteiger partial charge in [0, 0.05) is 24.2 Å². The lowest BCUT2D eigenvalue weighted by molar-refractivity contribution is -0.384. The molecule has 1 amide bonds. The van der Waals surface area contributed by atoms with Crippen LogP contribution in [0.3, 0.4) is 0 Å². The Labute approximate surface area is 130 Å². The van der Waals surface area contributed by atoms with E-state index in [-0.39, 0.29) is 18.0 Å². The molecule has 1 N–H and O–H groups in total. The van der Waals surface area contributed by atoms with Gasteiger partial charge >= 0.3 is 0 Å². The van der Waals surface area contributed by atoms with Gasteiger partial charge in [-0.3, -0.25) is 14.9 Å². The summed E-state index contributed by atoms with van der Waals surface area (Å²) in [6, 6.07) is 13.3. The number of aromatic nitrogens is 3. The number of nitrogens with zero attached hydrogens (tertiary/aromatic N) is 4. The Morgan fingerprint density at radius 1 is 1.22 bits per heavy atom. The number of carbonyl (C=O) groups is 1. The van der Waals surface area contributed by atoms with E-state index in [4.69, 9.17) is 0 Å². The van der Waals surface area contributed by atoms with Crippen LogP contribution in [0.15, 0.2) is 48.5 Å². The van der Waals surface area contributed by atoms with Gasteiger partial charge < -0.3 is 5.32 Å². The number of hydrogen-bond donors (Lipinski definition) is 1. The van der Waals surface area contributed by atoms with Gasteiger partial charge in [-0.15, -0.1) is 5.10 Å². The zero-order valence-corrected chi connectivity index (χ0v) is 12.0. The fourth-order valence-electron chi connectivity index (χ4n) is 2.21. The first-order chi connectivity index (χ1) is 11.1. The second-order valence-electron chi connectivity index (χ2n) is 4.91. The molecule has 0 saturated carbocycles. The molecule has 23 heavy (non-hydrogen) atoms. The minimum Gasteiger partial charge on any atom is -0.326 e. The van der Waals surface area contributed by atoms with Crippen LogP contribution in [0.1, 0.15) is 6.42 Å². The molecule has 3 aromatic rings. The highest BCUT2D eigenvalue weighted by molar-refractivity contribution is 5.91. The van der Waals surface area contributed by atoms with E-state index >= 15 is 0 Å². The van der Waals surface area contributed by atoms with E-state index in [0.717, 1.165) is 11.0 Å². The Bertz CT molecular complexity index is 874. The van der Waals surface area contributed by atoms with Gasteiger partial charge in [-0.1, -0.05) is 23.4 Å². The van der Waals surface area contributed by atoms with Crippen molar-refractivity contribution in [1.29, 1.82) is 0 Å². The van der Waals surface area contributed by atoms with Crippen molar-refractivity contribution >= 4 is 28.3 Å². The summed E-state index contributed by atoms with van der Waals surface area (Å²) in [5, 5.41) is 21.4. The van der Waals surface area contributed by atoms with E-state index in [0.29, 0.717) is 12.2 Å². The lowest BCUT2D eigenvalue weighted by Crippen LogP contribution is -2.15. The Kier molecular flexibility index (Phi) is 3.96. The Hall–Kier alpha value is -3.29. The predicted octanol–water partition coefficient (Wildman–Crippen LogP) is 2.37. The van der Waals surface area contributed by atoms with Crippen molar-refractivity contribution in [2.75, 3.05) is 5.32 Å². The lowest BCUT2D eigenvalue weighted by Gasteiger charge is -2.05. The molecule has 0 unspecified atom stereocenters. The molecule has 0 fully saturated rings. The third-order valence-electron chi connectivity index (χ3n) is 3.31. The maximum atomic E-state index is 12.0. The molecule has 0 saturated heterocycles. The first-order valence-electron chi connectivity index (χ1n) is 6.96. The predicted molar refractivity (Wildman–Crippen MR) is 83.9 cm³/mol. The second-order valence-corrected chi connectivity index (χ2v) is 4.91. The Balaban J connectivity index is 1.64. The number of hydrogen-bond acceptors (Lipinski definition) is 5. The fraction of sp³-hybridized carbons (Fsp3) is 0.133. The van der Waals surface area contributed by atoms with Gasteiger partial charge in [-0.25, -0.2) is 4.68 Å². The van der Waals surface area contributed by atoms with Crippen LogP contribution in [0.4, 0.5) is 11.4 Å². The number of fused-ring (bicyclic) bond motifs is 1. The van der Waals surface area contributed by atoms with Crippen LogP contribution >= 0.6 is 0 Å². The minimum atomic E-state index is -0.503. The van der Waals surface area contributed by atoms with Crippen LogP contribution in [-0.2, 0) is 11.3 Å². The van der Waals surface area contributed by atoms with Crippen LogP contribution in [0.25, 0.3) is 11.0 Å². The molecule has 116 valence electrons. The van der Waals surface area contributed by atoms with Crippen molar-refractivity contribution in [2.45, 2.75) is 13.0 Å². The number of anilines is 1. The van der Waals surface area contributed by atoms with Crippen molar-refractivity contribution < 1.29 is 9.72 Å². The number of amides is 1. The largest absolute Gasteiger partial charge is 0.326 e. The lowest BCUT2D eigenvalue weighted by atomic mass is 10.2. The third-order valence-corrected chi connectivity index (χ3v) is 3.31. The molecule has 0 aliphatic rings. The van der Waals surface area contributed by atoms with Crippen molar-refractivity contribution in [3.8, 4) is 0 Å². The van der Waals surface area contributed by atoms with Crippen LogP contribution in [0.2, 0.25) is 0 Å². The average molecular weight is 311 g/mol. The van der Waals surface area contributed by atoms with Gasteiger partial charge in [0.2, 0.25) is 5.91 Å². The number of rotatable bonds is 5. The Morgan fingerprint density at radius 2 is 2.04 bits per heavy atom. The summed E-state index contributed by atoms with van der Waals surface area (Å²) in [4.78, 5) is 22.2. The highest BCUT2D eigenvalue weighted by atomic mass is 16.6. The first kappa shape index (κ1) is 14.6. The van der Waals surface area contributed by atoms with E-state index < -0.39 is 4.92 Å². The van der Waals surface area contributed by atoms with Gasteiger partial charge in [0.05, 0.1) is 17.0 Å². The first-order valence-corrected chi connectivity index (χ1v) is 6.96. The molecular weight excluding hydrogens is 298 g/mol. The second kappa shape index (κ2) is 6.22. The highest BCUT2D eigenvalue weighted by Crippen LogP contribution is 2.17. The van der Waals surface area contributed by atoms with Gasteiger partial charge in [-0.05, 0) is 18.2 Å². The van der Waals surface area contributed by atoms with E-state index in [2.05, 4.69) is 15.6 Å². The van der Waals surface area contributed by atoms with E-state index in [1.807, 2.05) is 24.3 Å². The zero-order valence-electron chi connectivity index (χ0n) is 12.0. The summed E-state index contributed by atoms with van der Waals surface area (Å²) >= 11 is 0. The van der Waals surface area contributed by atoms with E-state index in [1.54, 1.807) is 10.7 Å². The number of para-hydroxylation sites is 1. The monoisotopic (exact) mass is 311 g/mol. The molecule has 0 aliphatic carbocycles. The van der Waals surface area contributed by atoms with Crippen LogP contribution in [-0.4, -0.2) is 25.8 Å². The standard InChI is InChI=1S/C15H13N5O3/c21-15(16-11-4-3-5-12(10-11)20(22)23)8-9-19-14-7-2-1-6-13(14)17-18-19/h1-7,10H,8-9H2,(H,16,21). The number of carbonyl (C=O) groups excluding carboxylic acids is 1. The maximum absolute atomic E-state index is 12.0. The number of benzene rings is 2. The molecule has 3 rings (SSSR count). The molecule has 1 heterocycles. The quantitative estimate of drug-likeness (QED) is 0.575. The molecule has 0 radical (unpaired) electrons. The smallest absolute Gasteiger partial charge is 0.271 e. The van der Waals surface area contributed by atoms with Crippen molar-refractivity contribution in [3.63, 3.8) is 0 Å². The van der Waals surface area contributed by atoms with Gasteiger partial charge in [-0.2, -0.15) is 0 Å². The summed E-state index contributed by atoms with van der Waals surface area (Å²) in [6.45, 7) is 0.376. The van der Waals surface area contributed by atoms with Gasteiger partial charge in [0.25, 0.3) is 5.69 Å². The summed E-state index contributed by atoms with van der Waals surface area (Å²) in [5.74, 6) is -0.245. The van der Waals surface area contributed by atoms with Crippen molar-refractivity contribution in [1.82, 2.24) is 15.0 Å². The minimum absolute atomic E-state index is 0.0647. The SMILES string of the molecule is O=C(CCn1nnc2ccccc21)Nc1cccc([N+](=O)[O-])c1. The summed E-state index contributed by atoms with van der Waals surface area (Å²) in [5.41, 5.74) is 1.96. The highest BCUT2D eigenvalue weighted by Gasteiger charge is 2.09. The molecule has 0 atom stereocenters. The molecule has 0 bridgehead atoms. The summed E-state index contributed by atoms with van der Waals surface area (Å²) in [7, 11) is 0. The average Bonchev–Trinajstić information content (AvgIpc) is 2.96. The van der Waals surface area contributed by atoms with Crippen molar-refractivity contribution in [2.24, 2.45) is 0 Å². The van der Waals surface area contributed by atoms with E-state index in [1.165, 1.54) is 18.2 Å². The normalized spacial score (nSPS) is 10.6. The molecule has 8 nitrogen and oxygen atoms in total. The third kappa shape index (κ3) is 3.31. The maximum Gasteiger partial charge on any atom is 0.271 e. The zero-order chi connectivity index (χ0) is 16.2. The summed E-state index contributed by atoms with van der Waals surface area (Å²) < 4.78 is 1.66. The van der Waals surface area contributed by atoms with Gasteiger partial charge in [0.1, 0.15) is 5.52 Å². The fourth-order valence-corrected chi connectivity index (χ4v) is 2.21.